The van der Waals surface area contributed by atoms with Crippen LogP contribution in [0.5, 0.6) is 0 Å². The van der Waals surface area contributed by atoms with Crippen LogP contribution >= 0.6 is 11.6 Å². The van der Waals surface area contributed by atoms with Gasteiger partial charge in [-0.3, -0.25) is 10.1 Å². The van der Waals surface area contributed by atoms with E-state index in [1.54, 1.807) is 20.8 Å². The van der Waals surface area contributed by atoms with Crippen molar-refractivity contribution in [2.75, 3.05) is 13.7 Å². The van der Waals surface area contributed by atoms with Gasteiger partial charge in [0.25, 0.3) is 5.69 Å². The molecule has 0 bridgehead atoms. The smallest absolute Gasteiger partial charge is 0.336 e. The summed E-state index contributed by atoms with van der Waals surface area (Å²) in [6.07, 6.45) is 0. The third-order valence-electron chi connectivity index (χ3n) is 4.16. The van der Waals surface area contributed by atoms with Crippen LogP contribution in [-0.4, -0.2) is 30.6 Å². The Morgan fingerprint density at radius 2 is 1.81 bits per heavy atom. The Labute approximate surface area is 160 Å². The van der Waals surface area contributed by atoms with E-state index in [9.17, 15) is 19.7 Å². The average Bonchev–Trinajstić information content (AvgIpc) is 2.60. The Hall–Kier alpha value is -2.87. The molecule has 1 aliphatic heterocycles. The molecule has 1 N–H and O–H groups in total. The summed E-state index contributed by atoms with van der Waals surface area (Å²) in [5.74, 6) is -2.30. The lowest BCUT2D eigenvalue weighted by atomic mass is 9.80. The molecule has 2 rings (SSSR count). The topological polar surface area (TPSA) is 108 Å². The maximum Gasteiger partial charge on any atom is 0.336 e. The Morgan fingerprint density at radius 3 is 2.33 bits per heavy atom. The first-order valence-corrected chi connectivity index (χ1v) is 8.48. The molecule has 1 heterocycles. The van der Waals surface area contributed by atoms with Crippen LogP contribution in [0.25, 0.3) is 0 Å². The summed E-state index contributed by atoms with van der Waals surface area (Å²) >= 11 is 6.30. The molecule has 8 nitrogen and oxygen atoms in total. The van der Waals surface area contributed by atoms with Crippen molar-refractivity contribution in [3.05, 3.63) is 61.4 Å². The van der Waals surface area contributed by atoms with Crippen LogP contribution in [0.3, 0.4) is 0 Å². The number of ether oxygens (including phenoxy) is 2. The number of benzene rings is 1. The number of allylic oxidation sites excluding steroid dienone is 2. The summed E-state index contributed by atoms with van der Waals surface area (Å²) in [7, 11) is 1.21. The SMILES string of the molecule is CCOC(=O)C1=C(C)NC(C)=C(C(=O)OC)C1c1cc([N+](=O)[O-])ccc1Cl. The standard InChI is InChI=1S/C18H19ClN2O6/c1-5-27-18(23)15-10(3)20-9(2)14(17(22)26-4)16(15)12-8-11(21(24)25)6-7-13(12)19/h6-8,16,20H,5H2,1-4H3. The number of halogens is 1. The fourth-order valence-electron chi connectivity index (χ4n) is 3.03. The minimum Gasteiger partial charge on any atom is -0.466 e. The highest BCUT2D eigenvalue weighted by molar-refractivity contribution is 6.31. The molecule has 0 aromatic heterocycles. The van der Waals surface area contributed by atoms with Gasteiger partial charge in [-0.15, -0.1) is 0 Å². The number of methoxy groups -OCH3 is 1. The number of esters is 2. The third-order valence-corrected chi connectivity index (χ3v) is 4.51. The number of dihydropyridines is 1. The highest BCUT2D eigenvalue weighted by Gasteiger charge is 2.39. The van der Waals surface area contributed by atoms with Crippen LogP contribution in [-0.2, 0) is 19.1 Å². The van der Waals surface area contributed by atoms with Gasteiger partial charge in [0.15, 0.2) is 0 Å². The second-order valence-corrected chi connectivity index (χ2v) is 6.22. The Morgan fingerprint density at radius 1 is 1.22 bits per heavy atom. The Kier molecular flexibility index (Phi) is 6.22. The summed E-state index contributed by atoms with van der Waals surface area (Å²) < 4.78 is 9.99. The molecular formula is C18H19ClN2O6. The van der Waals surface area contributed by atoms with E-state index in [0.29, 0.717) is 11.4 Å². The molecule has 1 atom stereocenters. The van der Waals surface area contributed by atoms with Crippen molar-refractivity contribution in [3.63, 3.8) is 0 Å². The first kappa shape index (κ1) is 20.4. The monoisotopic (exact) mass is 394 g/mol. The number of rotatable bonds is 5. The number of hydrogen-bond donors (Lipinski definition) is 1. The highest BCUT2D eigenvalue weighted by atomic mass is 35.5. The van der Waals surface area contributed by atoms with Gasteiger partial charge in [0.1, 0.15) is 0 Å². The largest absolute Gasteiger partial charge is 0.466 e. The molecule has 9 heteroatoms. The van der Waals surface area contributed by atoms with Gasteiger partial charge < -0.3 is 14.8 Å². The maximum absolute atomic E-state index is 12.6. The number of nitrogens with one attached hydrogen (secondary N) is 1. The zero-order chi connectivity index (χ0) is 20.3. The quantitative estimate of drug-likeness (QED) is 0.464. The molecule has 1 aromatic rings. The summed E-state index contributed by atoms with van der Waals surface area (Å²) in [5, 5.41) is 14.4. The average molecular weight is 395 g/mol. The molecule has 0 radical (unpaired) electrons. The van der Waals surface area contributed by atoms with Crippen molar-refractivity contribution in [2.24, 2.45) is 0 Å². The molecule has 0 amide bonds. The van der Waals surface area contributed by atoms with Crippen LogP contribution in [0.4, 0.5) is 5.69 Å². The van der Waals surface area contributed by atoms with E-state index < -0.39 is 22.8 Å². The predicted octanol–water partition coefficient (Wildman–Crippen LogP) is 3.22. The lowest BCUT2D eigenvalue weighted by molar-refractivity contribution is -0.384. The van der Waals surface area contributed by atoms with Gasteiger partial charge in [-0.25, -0.2) is 9.59 Å². The molecule has 0 fully saturated rings. The predicted molar refractivity (Wildman–Crippen MR) is 98.0 cm³/mol. The van der Waals surface area contributed by atoms with E-state index in [1.165, 1.54) is 25.3 Å². The number of nitro groups is 1. The molecule has 1 unspecified atom stereocenters. The number of nitrogens with zero attached hydrogens (tertiary/aromatic N) is 1. The van der Waals surface area contributed by atoms with E-state index in [1.807, 2.05) is 0 Å². The zero-order valence-electron chi connectivity index (χ0n) is 15.3. The minimum atomic E-state index is -0.967. The van der Waals surface area contributed by atoms with Gasteiger partial charge in [0, 0.05) is 28.5 Å². The van der Waals surface area contributed by atoms with Crippen LogP contribution < -0.4 is 5.32 Å². The zero-order valence-corrected chi connectivity index (χ0v) is 16.0. The van der Waals surface area contributed by atoms with Crippen molar-refractivity contribution < 1.29 is 24.0 Å². The molecular weight excluding hydrogens is 376 g/mol. The van der Waals surface area contributed by atoms with E-state index in [2.05, 4.69) is 5.32 Å². The lowest BCUT2D eigenvalue weighted by Crippen LogP contribution is -2.32. The Balaban J connectivity index is 2.78. The summed E-state index contributed by atoms with van der Waals surface area (Å²) in [4.78, 5) is 35.7. The van der Waals surface area contributed by atoms with E-state index >= 15 is 0 Å². The number of carbonyl (C=O) groups is 2. The van der Waals surface area contributed by atoms with Gasteiger partial charge in [-0.1, -0.05) is 11.6 Å². The molecule has 0 aliphatic carbocycles. The molecule has 144 valence electrons. The number of carbonyl (C=O) groups excluding carboxylic acids is 2. The first-order valence-electron chi connectivity index (χ1n) is 8.10. The second-order valence-electron chi connectivity index (χ2n) is 5.81. The van der Waals surface area contributed by atoms with Crippen molar-refractivity contribution in [2.45, 2.75) is 26.7 Å². The normalized spacial score (nSPS) is 16.7. The second kappa shape index (κ2) is 8.22. The van der Waals surface area contributed by atoms with Crippen LogP contribution in [0.1, 0.15) is 32.3 Å². The third kappa shape index (κ3) is 3.95. The van der Waals surface area contributed by atoms with Crippen LogP contribution in [0.15, 0.2) is 40.7 Å². The van der Waals surface area contributed by atoms with Gasteiger partial charge in [0.05, 0.1) is 35.7 Å². The molecule has 27 heavy (non-hydrogen) atoms. The van der Waals surface area contributed by atoms with Gasteiger partial charge in [-0.2, -0.15) is 0 Å². The fraction of sp³-hybridized carbons (Fsp3) is 0.333. The summed E-state index contributed by atoms with van der Waals surface area (Å²) in [6, 6.07) is 3.86. The van der Waals surface area contributed by atoms with E-state index in [4.69, 9.17) is 21.1 Å². The van der Waals surface area contributed by atoms with E-state index in [-0.39, 0.29) is 34.0 Å². The van der Waals surface area contributed by atoms with Crippen LogP contribution in [0.2, 0.25) is 5.02 Å². The highest BCUT2D eigenvalue weighted by Crippen LogP contribution is 2.42. The summed E-state index contributed by atoms with van der Waals surface area (Å²) in [5.41, 5.74) is 1.23. The van der Waals surface area contributed by atoms with Crippen molar-refractivity contribution >= 4 is 29.2 Å². The molecule has 0 saturated carbocycles. The number of non-ortho nitro benzene ring substituents is 1. The minimum absolute atomic E-state index is 0.126. The molecule has 1 aromatic carbocycles. The number of hydrogen-bond acceptors (Lipinski definition) is 7. The molecule has 0 saturated heterocycles. The van der Waals surface area contributed by atoms with E-state index in [0.717, 1.165) is 0 Å². The van der Waals surface area contributed by atoms with Gasteiger partial charge >= 0.3 is 11.9 Å². The number of nitro benzene ring substituents is 1. The van der Waals surface area contributed by atoms with Gasteiger partial charge in [-0.05, 0) is 32.4 Å². The van der Waals surface area contributed by atoms with Crippen molar-refractivity contribution in [1.82, 2.24) is 5.32 Å². The van der Waals surface area contributed by atoms with Crippen molar-refractivity contribution in [3.8, 4) is 0 Å². The maximum atomic E-state index is 12.6. The Bertz CT molecular complexity index is 875. The van der Waals surface area contributed by atoms with Crippen LogP contribution in [0, 0.1) is 10.1 Å². The fourth-order valence-corrected chi connectivity index (χ4v) is 3.26. The molecule has 1 aliphatic rings. The first-order chi connectivity index (χ1) is 12.7. The summed E-state index contributed by atoms with van der Waals surface area (Å²) in [6.45, 7) is 5.08. The lowest BCUT2D eigenvalue weighted by Gasteiger charge is -2.30. The van der Waals surface area contributed by atoms with Crippen molar-refractivity contribution in [1.29, 1.82) is 0 Å². The molecule has 0 spiro atoms. The van der Waals surface area contributed by atoms with Gasteiger partial charge in [0.2, 0.25) is 0 Å².